The summed E-state index contributed by atoms with van der Waals surface area (Å²) in [6.45, 7) is 0.686. The fourth-order valence-corrected chi connectivity index (χ4v) is 3.79. The zero-order valence-electron chi connectivity index (χ0n) is 11.6. The van der Waals surface area contributed by atoms with Gasteiger partial charge in [0.1, 0.15) is 0 Å². The lowest BCUT2D eigenvalue weighted by Gasteiger charge is -2.36. The predicted octanol–water partition coefficient (Wildman–Crippen LogP) is 2.37. The van der Waals surface area contributed by atoms with Crippen LogP contribution in [0.5, 0.6) is 0 Å². The Morgan fingerprint density at radius 3 is 2.68 bits per heavy atom. The molecule has 0 bridgehead atoms. The van der Waals surface area contributed by atoms with Gasteiger partial charge in [-0.2, -0.15) is 0 Å². The number of carbonyl (C=O) groups excluding carboxylic acids is 1. The second kappa shape index (κ2) is 4.64. The molecule has 0 spiro atoms. The molecule has 19 heavy (non-hydrogen) atoms. The van der Waals surface area contributed by atoms with E-state index in [-0.39, 0.29) is 11.3 Å². The Balaban J connectivity index is 2.14. The number of benzene rings is 1. The third-order valence-corrected chi connectivity index (χ3v) is 4.96. The van der Waals surface area contributed by atoms with Gasteiger partial charge < -0.3 is 10.6 Å². The van der Waals surface area contributed by atoms with Crippen molar-refractivity contribution in [1.29, 1.82) is 0 Å². The summed E-state index contributed by atoms with van der Waals surface area (Å²) in [5, 5.41) is 0. The minimum atomic E-state index is 0.0945. The van der Waals surface area contributed by atoms with Gasteiger partial charge in [-0.15, -0.1) is 0 Å². The van der Waals surface area contributed by atoms with Crippen LogP contribution in [0.25, 0.3) is 0 Å². The molecule has 3 heteroatoms. The first-order chi connectivity index (χ1) is 9.18. The van der Waals surface area contributed by atoms with Crippen molar-refractivity contribution in [3.05, 3.63) is 29.3 Å². The highest BCUT2D eigenvalue weighted by Crippen LogP contribution is 2.46. The van der Waals surface area contributed by atoms with Gasteiger partial charge in [0.15, 0.2) is 0 Å². The second-order valence-electron chi connectivity index (χ2n) is 5.96. The molecule has 1 amide bonds. The summed E-state index contributed by atoms with van der Waals surface area (Å²) in [5.74, 6) is 0.227. The predicted molar refractivity (Wildman–Crippen MR) is 77.4 cm³/mol. The minimum Gasteiger partial charge on any atom is -0.330 e. The molecule has 1 heterocycles. The fourth-order valence-electron chi connectivity index (χ4n) is 3.79. The molecule has 1 aliphatic heterocycles. The van der Waals surface area contributed by atoms with Crippen LogP contribution in [-0.2, 0) is 16.6 Å². The van der Waals surface area contributed by atoms with Gasteiger partial charge in [-0.3, -0.25) is 4.79 Å². The molecule has 0 atom stereocenters. The van der Waals surface area contributed by atoms with Crippen molar-refractivity contribution >= 4 is 11.6 Å². The molecule has 1 aliphatic carbocycles. The lowest BCUT2D eigenvalue weighted by atomic mass is 9.76. The number of aryl methyl sites for hydroxylation is 1. The molecular formula is C16H22N2O. The third kappa shape index (κ3) is 1.88. The first-order valence-corrected chi connectivity index (χ1v) is 7.27. The van der Waals surface area contributed by atoms with E-state index in [2.05, 4.69) is 18.2 Å². The average Bonchev–Trinajstić information content (AvgIpc) is 2.92. The summed E-state index contributed by atoms with van der Waals surface area (Å²) in [5.41, 5.74) is 9.96. The largest absolute Gasteiger partial charge is 0.330 e. The van der Waals surface area contributed by atoms with Crippen molar-refractivity contribution < 1.29 is 4.79 Å². The molecule has 2 N–H and O–H groups in total. The maximum absolute atomic E-state index is 12.0. The molecule has 102 valence electrons. The number of nitrogens with zero attached hydrogens (tertiary/aromatic N) is 1. The summed E-state index contributed by atoms with van der Waals surface area (Å²) in [6, 6.07) is 6.47. The van der Waals surface area contributed by atoms with Gasteiger partial charge in [0.05, 0.1) is 5.69 Å². The van der Waals surface area contributed by atoms with Crippen molar-refractivity contribution in [2.24, 2.45) is 5.73 Å². The van der Waals surface area contributed by atoms with Gasteiger partial charge in [0, 0.05) is 25.4 Å². The van der Waals surface area contributed by atoms with E-state index in [0.717, 1.165) is 24.9 Å². The number of hydrogen-bond acceptors (Lipinski definition) is 2. The minimum absolute atomic E-state index is 0.0945. The van der Waals surface area contributed by atoms with Gasteiger partial charge >= 0.3 is 0 Å². The number of nitrogens with two attached hydrogens (primary N) is 1. The zero-order valence-corrected chi connectivity index (χ0v) is 11.6. The van der Waals surface area contributed by atoms with Crippen LogP contribution in [0.3, 0.4) is 0 Å². The molecule has 2 aliphatic rings. The monoisotopic (exact) mass is 258 g/mol. The Kier molecular flexibility index (Phi) is 3.09. The molecule has 1 aromatic carbocycles. The van der Waals surface area contributed by atoms with Gasteiger partial charge in [0.25, 0.3) is 0 Å². The number of para-hydroxylation sites is 1. The Morgan fingerprint density at radius 1 is 1.26 bits per heavy atom. The zero-order chi connectivity index (χ0) is 13.5. The normalized spacial score (nSPS) is 21.6. The Morgan fingerprint density at radius 2 is 2.00 bits per heavy atom. The van der Waals surface area contributed by atoms with Crippen LogP contribution < -0.4 is 10.6 Å². The lowest BCUT2D eigenvalue weighted by Crippen LogP contribution is -2.38. The van der Waals surface area contributed by atoms with E-state index >= 15 is 0 Å². The van der Waals surface area contributed by atoms with E-state index in [1.807, 2.05) is 11.9 Å². The summed E-state index contributed by atoms with van der Waals surface area (Å²) in [4.78, 5) is 13.9. The summed E-state index contributed by atoms with van der Waals surface area (Å²) < 4.78 is 0. The first kappa shape index (κ1) is 12.7. The van der Waals surface area contributed by atoms with Gasteiger partial charge in [-0.25, -0.2) is 0 Å². The summed E-state index contributed by atoms with van der Waals surface area (Å²) >= 11 is 0. The van der Waals surface area contributed by atoms with E-state index in [0.29, 0.717) is 13.0 Å². The molecule has 0 saturated heterocycles. The molecule has 3 rings (SSSR count). The van der Waals surface area contributed by atoms with E-state index in [1.54, 1.807) is 0 Å². The van der Waals surface area contributed by atoms with E-state index in [9.17, 15) is 4.79 Å². The van der Waals surface area contributed by atoms with E-state index < -0.39 is 0 Å². The van der Waals surface area contributed by atoms with Crippen LogP contribution in [0.1, 0.15) is 43.2 Å². The van der Waals surface area contributed by atoms with Crippen LogP contribution in [0, 0.1) is 0 Å². The number of rotatable bonds is 2. The molecule has 1 aromatic rings. The molecule has 0 radical (unpaired) electrons. The molecule has 1 fully saturated rings. The Hall–Kier alpha value is -1.35. The van der Waals surface area contributed by atoms with Crippen molar-refractivity contribution in [3.63, 3.8) is 0 Å². The van der Waals surface area contributed by atoms with Crippen molar-refractivity contribution in [2.75, 3.05) is 18.5 Å². The molecule has 3 nitrogen and oxygen atoms in total. The van der Waals surface area contributed by atoms with Crippen LogP contribution in [0.2, 0.25) is 0 Å². The third-order valence-electron chi connectivity index (χ3n) is 4.96. The van der Waals surface area contributed by atoms with Gasteiger partial charge in [-0.05, 0) is 30.4 Å². The van der Waals surface area contributed by atoms with Gasteiger partial charge in [0.2, 0.25) is 5.91 Å². The molecule has 0 aromatic heterocycles. The van der Waals surface area contributed by atoms with Crippen LogP contribution in [0.15, 0.2) is 18.2 Å². The SMILES string of the molecule is CN1C(=O)CCc2cccc(C3(CN)CCCC3)c21. The van der Waals surface area contributed by atoms with Crippen LogP contribution in [-0.4, -0.2) is 19.5 Å². The topological polar surface area (TPSA) is 46.3 Å². The Labute approximate surface area is 114 Å². The van der Waals surface area contributed by atoms with Crippen molar-refractivity contribution in [1.82, 2.24) is 0 Å². The highest BCUT2D eigenvalue weighted by atomic mass is 16.2. The van der Waals surface area contributed by atoms with Crippen LogP contribution in [0.4, 0.5) is 5.69 Å². The fraction of sp³-hybridized carbons (Fsp3) is 0.562. The highest BCUT2D eigenvalue weighted by molar-refractivity contribution is 5.97. The highest BCUT2D eigenvalue weighted by Gasteiger charge is 2.38. The summed E-state index contributed by atoms with van der Waals surface area (Å²) in [6.07, 6.45) is 6.30. The maximum atomic E-state index is 12.0. The average molecular weight is 258 g/mol. The van der Waals surface area contributed by atoms with Crippen molar-refractivity contribution in [3.8, 4) is 0 Å². The van der Waals surface area contributed by atoms with E-state index in [4.69, 9.17) is 5.73 Å². The number of anilines is 1. The van der Waals surface area contributed by atoms with Crippen molar-refractivity contribution in [2.45, 2.75) is 43.9 Å². The smallest absolute Gasteiger partial charge is 0.227 e. The van der Waals surface area contributed by atoms with Crippen LogP contribution >= 0.6 is 0 Å². The number of amides is 1. The molecular weight excluding hydrogens is 236 g/mol. The Bertz CT molecular complexity index is 503. The quantitative estimate of drug-likeness (QED) is 0.885. The van der Waals surface area contributed by atoms with Gasteiger partial charge in [-0.1, -0.05) is 31.0 Å². The second-order valence-corrected chi connectivity index (χ2v) is 5.96. The lowest BCUT2D eigenvalue weighted by molar-refractivity contribution is -0.118. The number of hydrogen-bond donors (Lipinski definition) is 1. The first-order valence-electron chi connectivity index (χ1n) is 7.27. The molecule has 0 unspecified atom stereocenters. The molecule has 1 saturated carbocycles. The van der Waals surface area contributed by atoms with E-state index in [1.165, 1.54) is 24.0 Å². The number of carbonyl (C=O) groups is 1. The maximum Gasteiger partial charge on any atom is 0.227 e. The standard InChI is InChI=1S/C16H22N2O/c1-18-14(19)8-7-12-5-4-6-13(15(12)18)16(11-17)9-2-3-10-16/h4-6H,2-3,7-11,17H2,1H3. The number of fused-ring (bicyclic) bond motifs is 1. The summed E-state index contributed by atoms with van der Waals surface area (Å²) in [7, 11) is 1.91.